The van der Waals surface area contributed by atoms with E-state index in [1.807, 2.05) is 37.6 Å². The summed E-state index contributed by atoms with van der Waals surface area (Å²) in [4.78, 5) is 16.0. The Morgan fingerprint density at radius 3 is 2.67 bits per heavy atom. The van der Waals surface area contributed by atoms with Gasteiger partial charge in [0, 0.05) is 25.6 Å². The topological polar surface area (TPSA) is 85.8 Å². The lowest BCUT2D eigenvalue weighted by Gasteiger charge is -2.21. The van der Waals surface area contributed by atoms with Crippen molar-refractivity contribution in [2.75, 3.05) is 19.6 Å². The van der Waals surface area contributed by atoms with Crippen LogP contribution in [-0.4, -0.2) is 42.6 Å². The van der Waals surface area contributed by atoms with Crippen molar-refractivity contribution < 1.29 is 9.90 Å². The molecule has 24 heavy (non-hydrogen) atoms. The molecular weight excluding hydrogens is 439 g/mol. The summed E-state index contributed by atoms with van der Waals surface area (Å²) in [5, 5.41) is 23.4. The van der Waals surface area contributed by atoms with E-state index in [4.69, 9.17) is 0 Å². The molecular formula is C16H29IN4O2S. The highest BCUT2D eigenvalue weighted by atomic mass is 127. The molecule has 1 atom stereocenters. The van der Waals surface area contributed by atoms with Gasteiger partial charge < -0.3 is 21.1 Å². The fourth-order valence-corrected chi connectivity index (χ4v) is 2.71. The van der Waals surface area contributed by atoms with Gasteiger partial charge in [-0.2, -0.15) is 11.3 Å². The van der Waals surface area contributed by atoms with E-state index < -0.39 is 5.60 Å². The van der Waals surface area contributed by atoms with Gasteiger partial charge in [0.1, 0.15) is 5.60 Å². The second kappa shape index (κ2) is 11.6. The fourth-order valence-electron chi connectivity index (χ4n) is 1.93. The molecule has 1 rings (SSSR count). The number of guanidine groups is 1. The normalized spacial score (nSPS) is 13.8. The van der Waals surface area contributed by atoms with Crippen molar-refractivity contribution in [2.45, 2.75) is 45.8 Å². The summed E-state index contributed by atoms with van der Waals surface area (Å²) in [6.45, 7) is 9.04. The SMILES string of the molecule is CCNC(=NCC(C)(O)c1ccsc1)NCCC(=O)NC(C)C.I. The number of hydrogen-bond donors (Lipinski definition) is 4. The number of amides is 1. The maximum absolute atomic E-state index is 11.6. The van der Waals surface area contributed by atoms with Crippen LogP contribution in [0, 0.1) is 0 Å². The maximum Gasteiger partial charge on any atom is 0.221 e. The predicted octanol–water partition coefficient (Wildman–Crippen LogP) is 2.04. The average molecular weight is 468 g/mol. The fraction of sp³-hybridized carbons (Fsp3) is 0.625. The first-order chi connectivity index (χ1) is 10.8. The Labute approximate surface area is 165 Å². The van der Waals surface area contributed by atoms with E-state index in [-0.39, 0.29) is 42.5 Å². The summed E-state index contributed by atoms with van der Waals surface area (Å²) >= 11 is 1.55. The monoisotopic (exact) mass is 468 g/mol. The van der Waals surface area contributed by atoms with Gasteiger partial charge in [-0.1, -0.05) is 0 Å². The Hall–Kier alpha value is -0.870. The number of thiophene rings is 1. The molecule has 0 radical (unpaired) electrons. The van der Waals surface area contributed by atoms with Gasteiger partial charge in [-0.05, 0) is 50.1 Å². The maximum atomic E-state index is 11.6. The lowest BCUT2D eigenvalue weighted by atomic mass is 10.00. The molecule has 1 aromatic rings. The Morgan fingerprint density at radius 2 is 2.12 bits per heavy atom. The van der Waals surface area contributed by atoms with Crippen LogP contribution >= 0.6 is 35.3 Å². The van der Waals surface area contributed by atoms with Crippen molar-refractivity contribution in [3.8, 4) is 0 Å². The zero-order chi connectivity index (χ0) is 17.3. The molecule has 8 heteroatoms. The van der Waals surface area contributed by atoms with Gasteiger partial charge in [-0.25, -0.2) is 4.99 Å². The largest absolute Gasteiger partial charge is 0.383 e. The van der Waals surface area contributed by atoms with Gasteiger partial charge >= 0.3 is 0 Å². The number of rotatable bonds is 8. The minimum absolute atomic E-state index is 0. The number of nitrogens with one attached hydrogen (secondary N) is 3. The Bertz CT molecular complexity index is 504. The molecule has 6 nitrogen and oxygen atoms in total. The number of halogens is 1. The first-order valence-electron chi connectivity index (χ1n) is 7.91. The second-order valence-corrected chi connectivity index (χ2v) is 6.66. The van der Waals surface area contributed by atoms with Crippen LogP contribution in [0.2, 0.25) is 0 Å². The third-order valence-electron chi connectivity index (χ3n) is 3.13. The molecule has 0 bridgehead atoms. The third-order valence-corrected chi connectivity index (χ3v) is 3.81. The third kappa shape index (κ3) is 8.84. The average Bonchev–Trinajstić information content (AvgIpc) is 2.99. The lowest BCUT2D eigenvalue weighted by Crippen LogP contribution is -2.41. The van der Waals surface area contributed by atoms with Crippen LogP contribution in [-0.2, 0) is 10.4 Å². The van der Waals surface area contributed by atoms with E-state index in [0.29, 0.717) is 25.5 Å². The van der Waals surface area contributed by atoms with Crippen molar-refractivity contribution in [3.63, 3.8) is 0 Å². The molecule has 138 valence electrons. The van der Waals surface area contributed by atoms with E-state index in [1.54, 1.807) is 18.3 Å². The molecule has 1 aromatic heterocycles. The highest BCUT2D eigenvalue weighted by Crippen LogP contribution is 2.23. The molecule has 0 saturated heterocycles. The van der Waals surface area contributed by atoms with Crippen molar-refractivity contribution in [2.24, 2.45) is 4.99 Å². The number of carbonyl (C=O) groups excluding carboxylic acids is 1. The molecule has 4 N–H and O–H groups in total. The molecule has 0 spiro atoms. The molecule has 0 saturated carbocycles. The number of aliphatic hydroxyl groups is 1. The van der Waals surface area contributed by atoms with Crippen molar-refractivity contribution in [1.29, 1.82) is 0 Å². The highest BCUT2D eigenvalue weighted by molar-refractivity contribution is 14.0. The minimum atomic E-state index is -1.00. The summed E-state index contributed by atoms with van der Waals surface area (Å²) in [5.41, 5.74) is -0.143. The molecule has 0 aromatic carbocycles. The summed E-state index contributed by atoms with van der Waals surface area (Å²) in [7, 11) is 0. The van der Waals surface area contributed by atoms with E-state index in [0.717, 1.165) is 5.56 Å². The number of hydrogen-bond acceptors (Lipinski definition) is 4. The zero-order valence-corrected chi connectivity index (χ0v) is 17.9. The summed E-state index contributed by atoms with van der Waals surface area (Å²) < 4.78 is 0. The number of nitrogens with zero attached hydrogens (tertiary/aromatic N) is 1. The van der Waals surface area contributed by atoms with E-state index in [2.05, 4.69) is 20.9 Å². The first kappa shape index (κ1) is 23.1. The van der Waals surface area contributed by atoms with Crippen molar-refractivity contribution >= 4 is 47.2 Å². The molecule has 0 aliphatic heterocycles. The van der Waals surface area contributed by atoms with Crippen LogP contribution in [0.5, 0.6) is 0 Å². The molecule has 0 fully saturated rings. The minimum Gasteiger partial charge on any atom is -0.383 e. The highest BCUT2D eigenvalue weighted by Gasteiger charge is 2.23. The summed E-state index contributed by atoms with van der Waals surface area (Å²) in [5.74, 6) is 0.606. The Morgan fingerprint density at radius 1 is 1.42 bits per heavy atom. The van der Waals surface area contributed by atoms with Crippen LogP contribution in [0.3, 0.4) is 0 Å². The van der Waals surface area contributed by atoms with Gasteiger partial charge in [-0.15, -0.1) is 24.0 Å². The second-order valence-electron chi connectivity index (χ2n) is 5.88. The molecule has 0 aliphatic carbocycles. The molecule has 1 amide bonds. The molecule has 1 heterocycles. The smallest absolute Gasteiger partial charge is 0.221 e. The van der Waals surface area contributed by atoms with E-state index in [1.165, 1.54) is 0 Å². The molecule has 0 aliphatic rings. The number of aliphatic imine (C=N–C) groups is 1. The quantitative estimate of drug-likeness (QED) is 0.267. The van der Waals surface area contributed by atoms with Crippen molar-refractivity contribution in [3.05, 3.63) is 22.4 Å². The predicted molar refractivity (Wildman–Crippen MR) is 111 cm³/mol. The van der Waals surface area contributed by atoms with E-state index in [9.17, 15) is 9.90 Å². The number of carbonyl (C=O) groups is 1. The summed E-state index contributed by atoms with van der Waals surface area (Å²) in [6.07, 6.45) is 0.378. The van der Waals surface area contributed by atoms with Gasteiger partial charge in [0.15, 0.2) is 5.96 Å². The first-order valence-corrected chi connectivity index (χ1v) is 8.86. The Kier molecular flexibility index (Phi) is 11.2. The van der Waals surface area contributed by atoms with Crippen LogP contribution in [0.15, 0.2) is 21.8 Å². The van der Waals surface area contributed by atoms with Gasteiger partial charge in [0.25, 0.3) is 0 Å². The zero-order valence-electron chi connectivity index (χ0n) is 14.8. The standard InChI is InChI=1S/C16H28N4O2S.HI/c1-5-17-15(18-8-6-14(21)20-12(2)3)19-11-16(4,22)13-7-9-23-10-13;/h7,9-10,12,22H,5-6,8,11H2,1-4H3,(H,20,21)(H2,17,18,19);1H. The molecule has 1 unspecified atom stereocenters. The lowest BCUT2D eigenvalue weighted by molar-refractivity contribution is -0.121. The van der Waals surface area contributed by atoms with Crippen LogP contribution < -0.4 is 16.0 Å². The summed E-state index contributed by atoms with van der Waals surface area (Å²) in [6, 6.07) is 2.04. The van der Waals surface area contributed by atoms with Crippen LogP contribution in [0.1, 0.15) is 39.7 Å². The van der Waals surface area contributed by atoms with Crippen molar-refractivity contribution in [1.82, 2.24) is 16.0 Å². The van der Waals surface area contributed by atoms with Crippen LogP contribution in [0.4, 0.5) is 0 Å². The van der Waals surface area contributed by atoms with Gasteiger partial charge in [-0.3, -0.25) is 4.79 Å². The Balaban J connectivity index is 0.00000529. The van der Waals surface area contributed by atoms with E-state index >= 15 is 0 Å². The van der Waals surface area contributed by atoms with Gasteiger partial charge in [0.05, 0.1) is 6.54 Å². The van der Waals surface area contributed by atoms with Crippen LogP contribution in [0.25, 0.3) is 0 Å². The van der Waals surface area contributed by atoms with Gasteiger partial charge in [0.2, 0.25) is 5.91 Å².